The van der Waals surface area contributed by atoms with Crippen LogP contribution >= 0.6 is 35.6 Å². The third-order valence-corrected chi connectivity index (χ3v) is 4.80. The summed E-state index contributed by atoms with van der Waals surface area (Å²) in [5.74, 6) is -1.42. The van der Waals surface area contributed by atoms with Gasteiger partial charge in [0.25, 0.3) is 5.91 Å². The molecule has 0 radical (unpaired) electrons. The topological polar surface area (TPSA) is 87.0 Å². The number of aromatic nitrogens is 2. The number of aryl methyl sites for hydroxylation is 1. The summed E-state index contributed by atoms with van der Waals surface area (Å²) in [6.45, 7) is 0.170. The SMILES string of the molecule is O=C([O-])CCn1cc(/C=C2\SC(=S)NC2=O)c(-c2ccc(Cl)cc2)n1. The van der Waals surface area contributed by atoms with Gasteiger partial charge in [0.05, 0.1) is 10.6 Å². The fourth-order valence-electron chi connectivity index (χ4n) is 2.26. The maximum atomic E-state index is 11.9. The van der Waals surface area contributed by atoms with Gasteiger partial charge in [-0.15, -0.1) is 0 Å². The highest BCUT2D eigenvalue weighted by atomic mass is 35.5. The molecule has 0 atom stereocenters. The van der Waals surface area contributed by atoms with E-state index in [-0.39, 0.29) is 18.9 Å². The van der Waals surface area contributed by atoms with Gasteiger partial charge in [-0.3, -0.25) is 9.48 Å². The van der Waals surface area contributed by atoms with Crippen molar-refractivity contribution >= 4 is 57.9 Å². The quantitative estimate of drug-likeness (QED) is 0.617. The lowest BCUT2D eigenvalue weighted by molar-refractivity contribution is -0.306. The third kappa shape index (κ3) is 4.28. The van der Waals surface area contributed by atoms with Gasteiger partial charge in [0.15, 0.2) is 0 Å². The van der Waals surface area contributed by atoms with E-state index in [4.69, 9.17) is 23.8 Å². The van der Waals surface area contributed by atoms with Crippen LogP contribution < -0.4 is 10.4 Å². The Morgan fingerprint density at radius 2 is 2.12 bits per heavy atom. The number of thiocarbonyl (C=S) groups is 1. The lowest BCUT2D eigenvalue weighted by Crippen LogP contribution is -2.23. The van der Waals surface area contributed by atoms with Crippen LogP contribution in [0.3, 0.4) is 0 Å². The zero-order valence-corrected chi connectivity index (χ0v) is 15.1. The highest BCUT2D eigenvalue weighted by Crippen LogP contribution is 2.30. The lowest BCUT2D eigenvalue weighted by atomic mass is 10.1. The van der Waals surface area contributed by atoms with Crippen molar-refractivity contribution in [3.63, 3.8) is 0 Å². The van der Waals surface area contributed by atoms with Gasteiger partial charge in [-0.2, -0.15) is 5.10 Å². The van der Waals surface area contributed by atoms with Gasteiger partial charge in [0.1, 0.15) is 4.32 Å². The summed E-state index contributed by atoms with van der Waals surface area (Å²) in [6.07, 6.45) is 3.22. The lowest BCUT2D eigenvalue weighted by Gasteiger charge is -2.02. The first kappa shape index (κ1) is 17.7. The number of nitrogens with one attached hydrogen (secondary N) is 1. The maximum absolute atomic E-state index is 11.9. The molecule has 0 saturated carbocycles. The van der Waals surface area contributed by atoms with E-state index in [9.17, 15) is 14.7 Å². The number of carboxylic acid groups (broad SMARTS) is 1. The van der Waals surface area contributed by atoms with E-state index in [0.717, 1.165) is 5.56 Å². The molecule has 6 nitrogen and oxygen atoms in total. The van der Waals surface area contributed by atoms with Crippen LogP contribution in [-0.4, -0.2) is 26.0 Å². The first-order valence-electron chi connectivity index (χ1n) is 7.20. The van der Waals surface area contributed by atoms with E-state index in [1.54, 1.807) is 24.4 Å². The summed E-state index contributed by atoms with van der Waals surface area (Å²) in [5.41, 5.74) is 2.10. The molecular formula is C16H11ClN3O3S2-. The highest BCUT2D eigenvalue weighted by molar-refractivity contribution is 8.26. The van der Waals surface area contributed by atoms with Gasteiger partial charge in [-0.1, -0.05) is 47.7 Å². The number of amides is 1. The third-order valence-electron chi connectivity index (χ3n) is 3.38. The highest BCUT2D eigenvalue weighted by Gasteiger charge is 2.23. The van der Waals surface area contributed by atoms with Crippen molar-refractivity contribution in [2.24, 2.45) is 0 Å². The number of hydrogen-bond donors (Lipinski definition) is 1. The van der Waals surface area contributed by atoms with Crippen molar-refractivity contribution in [3.8, 4) is 11.3 Å². The largest absolute Gasteiger partial charge is 0.550 e. The first-order valence-corrected chi connectivity index (χ1v) is 8.81. The monoisotopic (exact) mass is 392 g/mol. The normalized spacial score (nSPS) is 15.6. The molecule has 128 valence electrons. The van der Waals surface area contributed by atoms with Crippen molar-refractivity contribution in [3.05, 3.63) is 46.0 Å². The predicted molar refractivity (Wildman–Crippen MR) is 98.6 cm³/mol. The maximum Gasteiger partial charge on any atom is 0.263 e. The number of benzene rings is 1. The smallest absolute Gasteiger partial charge is 0.263 e. The Hall–Kier alpha value is -2.16. The van der Waals surface area contributed by atoms with Crippen LogP contribution in [0.2, 0.25) is 5.02 Å². The molecule has 1 aromatic heterocycles. The van der Waals surface area contributed by atoms with Gasteiger partial charge in [0.2, 0.25) is 0 Å². The molecule has 1 N–H and O–H groups in total. The molecule has 1 aromatic carbocycles. The van der Waals surface area contributed by atoms with Crippen LogP contribution in [0.5, 0.6) is 0 Å². The standard InChI is InChI=1S/C16H12ClN3O3S2/c17-11-3-1-9(2-4-11)14-10(7-12-15(23)18-16(24)25-12)8-20(19-14)6-5-13(21)22/h1-4,7-8H,5-6H2,(H,21,22)(H,18,23,24)/p-1/b12-7-. The van der Waals surface area contributed by atoms with Crippen molar-refractivity contribution < 1.29 is 14.7 Å². The average Bonchev–Trinajstić information content (AvgIpc) is 3.09. The van der Waals surface area contributed by atoms with E-state index in [1.165, 1.54) is 16.4 Å². The number of carbonyl (C=O) groups is 2. The van der Waals surface area contributed by atoms with Gasteiger partial charge in [0, 0.05) is 41.3 Å². The fourth-order valence-corrected chi connectivity index (χ4v) is 3.42. The van der Waals surface area contributed by atoms with Crippen molar-refractivity contribution in [2.45, 2.75) is 13.0 Å². The number of carboxylic acids is 1. The Labute approximate surface area is 157 Å². The number of thioether (sulfide) groups is 1. The molecule has 2 heterocycles. The molecule has 25 heavy (non-hydrogen) atoms. The molecule has 0 aliphatic carbocycles. The minimum Gasteiger partial charge on any atom is -0.550 e. The molecular weight excluding hydrogens is 382 g/mol. The van der Waals surface area contributed by atoms with Crippen LogP contribution in [0.4, 0.5) is 0 Å². The van der Waals surface area contributed by atoms with Gasteiger partial charge < -0.3 is 15.2 Å². The van der Waals surface area contributed by atoms with Crippen LogP contribution in [0.15, 0.2) is 35.4 Å². The Morgan fingerprint density at radius 3 is 2.72 bits per heavy atom. The average molecular weight is 393 g/mol. The minimum atomic E-state index is -1.15. The molecule has 1 amide bonds. The second kappa shape index (κ2) is 7.38. The zero-order valence-electron chi connectivity index (χ0n) is 12.7. The summed E-state index contributed by atoms with van der Waals surface area (Å²) in [5, 5.41) is 18.3. The first-order chi connectivity index (χ1) is 11.9. The van der Waals surface area contributed by atoms with Crippen molar-refractivity contribution in [1.82, 2.24) is 15.1 Å². The summed E-state index contributed by atoms with van der Waals surface area (Å²) in [7, 11) is 0. The Kier molecular flexibility index (Phi) is 5.22. The molecule has 1 aliphatic heterocycles. The molecule has 1 aliphatic rings. The number of aliphatic carboxylic acids is 1. The number of halogens is 1. The number of carbonyl (C=O) groups excluding carboxylic acids is 2. The molecule has 0 unspecified atom stereocenters. The van der Waals surface area contributed by atoms with Gasteiger partial charge in [-0.25, -0.2) is 0 Å². The number of hydrogen-bond acceptors (Lipinski definition) is 6. The Balaban J connectivity index is 2.00. The van der Waals surface area contributed by atoms with Gasteiger partial charge in [-0.05, 0) is 18.2 Å². The molecule has 1 fully saturated rings. The van der Waals surface area contributed by atoms with E-state index in [1.807, 2.05) is 12.1 Å². The van der Waals surface area contributed by atoms with E-state index < -0.39 is 5.97 Å². The summed E-state index contributed by atoms with van der Waals surface area (Å²) < 4.78 is 1.91. The van der Waals surface area contributed by atoms with E-state index in [2.05, 4.69) is 10.4 Å². The van der Waals surface area contributed by atoms with Gasteiger partial charge >= 0.3 is 0 Å². The second-order valence-corrected chi connectivity index (χ2v) is 7.33. The molecule has 1 saturated heterocycles. The number of rotatable bonds is 5. The predicted octanol–water partition coefficient (Wildman–Crippen LogP) is 1.83. The van der Waals surface area contributed by atoms with Crippen LogP contribution in [0.1, 0.15) is 12.0 Å². The minimum absolute atomic E-state index is 0.156. The zero-order chi connectivity index (χ0) is 18.0. The van der Waals surface area contributed by atoms with Crippen molar-refractivity contribution in [2.75, 3.05) is 0 Å². The van der Waals surface area contributed by atoms with Crippen LogP contribution in [0, 0.1) is 0 Å². The Bertz CT molecular complexity index is 891. The molecule has 2 aromatic rings. The van der Waals surface area contributed by atoms with E-state index >= 15 is 0 Å². The fraction of sp³-hybridized carbons (Fsp3) is 0.125. The van der Waals surface area contributed by atoms with Crippen LogP contribution in [-0.2, 0) is 16.1 Å². The summed E-state index contributed by atoms with van der Waals surface area (Å²) >= 11 is 12.1. The molecule has 9 heteroatoms. The Morgan fingerprint density at radius 1 is 1.40 bits per heavy atom. The van der Waals surface area contributed by atoms with Crippen molar-refractivity contribution in [1.29, 1.82) is 0 Å². The van der Waals surface area contributed by atoms with E-state index in [0.29, 0.717) is 25.5 Å². The molecule has 0 bridgehead atoms. The number of nitrogens with zero attached hydrogens (tertiary/aromatic N) is 2. The summed E-state index contributed by atoms with van der Waals surface area (Å²) in [4.78, 5) is 23.0. The molecule has 3 rings (SSSR count). The van der Waals surface area contributed by atoms with Crippen LogP contribution in [0.25, 0.3) is 17.3 Å². The second-order valence-electron chi connectivity index (χ2n) is 5.18. The summed E-state index contributed by atoms with van der Waals surface area (Å²) in [6, 6.07) is 7.09. The molecule has 0 spiro atoms.